The smallest absolute Gasteiger partial charge is 0.311 e. The maximum absolute atomic E-state index is 14.7. The van der Waals surface area contributed by atoms with Gasteiger partial charge in [-0.1, -0.05) is 50.3 Å². The number of aromatic nitrogens is 3. The van der Waals surface area contributed by atoms with E-state index in [9.17, 15) is 29.6 Å². The quantitative estimate of drug-likeness (QED) is 0.105. The molecule has 0 spiro atoms. The SMILES string of the molecule is CC[C@H]1OC(=O)[C@H](C)[C@@H](O[C@H]2C[C@@](C)(OC)[C@@H](O)[C@H](C)O2)[C@H](C)[C@@H](O[C@H]2C[C@@H](N(C)CCc3cn([C@H](CF)[C@H](OC)c4ccc(C(C)=N)cc4)nn3)C[C@@H](C)O2)[C@](C)(O)C[C@@H](C)CN(C)[C@H](C)[C@@H](O)[C@]1(C)O. The molecule has 1 aromatic carbocycles. The topological polar surface area (TPSA) is 224 Å². The lowest BCUT2D eigenvalue weighted by atomic mass is 9.77. The Kier molecular flexibility index (Phi) is 20.9. The van der Waals surface area contributed by atoms with Gasteiger partial charge in [0, 0.05) is 76.5 Å². The number of aliphatic hydroxyl groups excluding tert-OH is 2. The number of nitrogens with one attached hydrogen (secondary N) is 1. The van der Waals surface area contributed by atoms with Crippen molar-refractivity contribution in [3.63, 3.8) is 0 Å². The molecule has 5 N–H and O–H groups in total. The van der Waals surface area contributed by atoms with Crippen LogP contribution in [0.1, 0.15) is 137 Å². The summed E-state index contributed by atoms with van der Waals surface area (Å²) in [6.07, 6.45) is -4.62. The number of nitrogens with zero attached hydrogens (tertiary/aromatic N) is 5. The second kappa shape index (κ2) is 25.2. The first-order chi connectivity index (χ1) is 33.7. The van der Waals surface area contributed by atoms with Gasteiger partial charge in [0.1, 0.15) is 42.7 Å². The minimum atomic E-state index is -1.82. The third-order valence-corrected chi connectivity index (χ3v) is 16.1. The van der Waals surface area contributed by atoms with E-state index in [1.165, 1.54) is 25.8 Å². The van der Waals surface area contributed by atoms with Gasteiger partial charge in [0.2, 0.25) is 0 Å². The summed E-state index contributed by atoms with van der Waals surface area (Å²) in [5.41, 5.74) is -1.74. The number of hydrogen-bond acceptors (Lipinski definition) is 17. The number of carbonyl (C=O) groups excluding carboxylic acids is 1. The molecule has 3 saturated heterocycles. The molecule has 5 rings (SSSR count). The number of ether oxygens (including phenoxy) is 7. The number of halogens is 1. The number of carbonyl (C=O) groups is 1. The highest BCUT2D eigenvalue weighted by Gasteiger charge is 2.52. The van der Waals surface area contributed by atoms with Gasteiger partial charge in [-0.25, -0.2) is 9.07 Å². The van der Waals surface area contributed by atoms with Gasteiger partial charge < -0.3 is 68.8 Å². The van der Waals surface area contributed by atoms with E-state index in [4.69, 9.17) is 38.6 Å². The number of methoxy groups -OCH3 is 2. The molecule has 3 aliphatic heterocycles. The first kappa shape index (κ1) is 59.8. The average molecular weight is 1020 g/mol. The fraction of sp³-hybridized carbons (Fsp3) is 0.811. The maximum atomic E-state index is 14.7. The molecule has 0 unspecified atom stereocenters. The summed E-state index contributed by atoms with van der Waals surface area (Å²) in [5, 5.41) is 64.2. The molecule has 4 heterocycles. The summed E-state index contributed by atoms with van der Waals surface area (Å²) in [6, 6.07) is 6.01. The Labute approximate surface area is 427 Å². The fourth-order valence-electron chi connectivity index (χ4n) is 11.4. The average Bonchev–Trinajstić information content (AvgIpc) is 3.80. The van der Waals surface area contributed by atoms with Gasteiger partial charge in [0.25, 0.3) is 0 Å². The van der Waals surface area contributed by atoms with Crippen molar-refractivity contribution < 1.29 is 62.8 Å². The zero-order valence-electron chi connectivity index (χ0n) is 45.7. The van der Waals surface area contributed by atoms with E-state index in [1.807, 2.05) is 71.0 Å². The molecule has 3 fully saturated rings. The number of benzene rings is 1. The van der Waals surface area contributed by atoms with Crippen LogP contribution in [0.5, 0.6) is 0 Å². The van der Waals surface area contributed by atoms with Crippen LogP contribution in [0.25, 0.3) is 0 Å². The molecule has 0 radical (unpaired) electrons. The van der Waals surface area contributed by atoms with Gasteiger partial charge in [-0.05, 0) is 106 Å². The van der Waals surface area contributed by atoms with Crippen molar-refractivity contribution in [3.05, 3.63) is 47.3 Å². The summed E-state index contributed by atoms with van der Waals surface area (Å²) in [4.78, 5) is 18.7. The molecule has 19 atom stereocenters. The lowest BCUT2D eigenvalue weighted by Gasteiger charge is -2.48. The molecule has 3 aliphatic rings. The largest absolute Gasteiger partial charge is 0.459 e. The number of alkyl halides is 1. The molecule has 0 bridgehead atoms. The normalized spacial score (nSPS) is 38.9. The van der Waals surface area contributed by atoms with Crippen molar-refractivity contribution in [1.29, 1.82) is 5.41 Å². The molecular formula is C53H89FN6O12. The highest BCUT2D eigenvalue weighted by atomic mass is 19.1. The summed E-state index contributed by atoms with van der Waals surface area (Å²) in [6.45, 7) is 19.9. The third-order valence-electron chi connectivity index (χ3n) is 16.1. The number of likely N-dealkylation sites (N-methyl/N-ethyl adjacent to an activating group) is 2. The lowest BCUT2D eigenvalue weighted by molar-refractivity contribution is -0.308. The maximum Gasteiger partial charge on any atom is 0.311 e. The number of esters is 1. The van der Waals surface area contributed by atoms with Gasteiger partial charge in [0.15, 0.2) is 12.6 Å². The minimum absolute atomic E-state index is 0.0178. The predicted molar refractivity (Wildman–Crippen MR) is 269 cm³/mol. The Morgan fingerprint density at radius 3 is 2.25 bits per heavy atom. The highest BCUT2D eigenvalue weighted by Crippen LogP contribution is 2.40. The molecule has 1 aromatic heterocycles. The number of rotatable bonds is 16. The van der Waals surface area contributed by atoms with Crippen LogP contribution in [0.2, 0.25) is 0 Å². The molecule has 0 amide bonds. The Morgan fingerprint density at radius 2 is 1.65 bits per heavy atom. The molecule has 18 nitrogen and oxygen atoms in total. The van der Waals surface area contributed by atoms with Crippen LogP contribution in [0.15, 0.2) is 30.5 Å². The van der Waals surface area contributed by atoms with Gasteiger partial charge in [-0.15, -0.1) is 5.10 Å². The van der Waals surface area contributed by atoms with E-state index in [-0.39, 0.29) is 37.3 Å². The van der Waals surface area contributed by atoms with Crippen molar-refractivity contribution in [3.8, 4) is 0 Å². The number of hydrogen-bond donors (Lipinski definition) is 5. The molecule has 0 saturated carbocycles. The van der Waals surface area contributed by atoms with Crippen LogP contribution in [0.4, 0.5) is 4.39 Å². The Morgan fingerprint density at radius 1 is 0.986 bits per heavy atom. The van der Waals surface area contributed by atoms with E-state index in [0.717, 1.165) is 11.1 Å². The second-order valence-corrected chi connectivity index (χ2v) is 22.1. The second-order valence-electron chi connectivity index (χ2n) is 22.1. The predicted octanol–water partition coefficient (Wildman–Crippen LogP) is 5.42. The van der Waals surface area contributed by atoms with Crippen LogP contribution in [0, 0.1) is 23.2 Å². The first-order valence-corrected chi connectivity index (χ1v) is 25.9. The Balaban J connectivity index is 1.42. The van der Waals surface area contributed by atoms with Crippen LogP contribution >= 0.6 is 0 Å². The van der Waals surface area contributed by atoms with Crippen molar-refractivity contribution in [2.75, 3.05) is 48.1 Å². The zero-order chi connectivity index (χ0) is 53.6. The molecule has 19 heteroatoms. The third kappa shape index (κ3) is 14.1. The molecule has 0 aliphatic carbocycles. The highest BCUT2D eigenvalue weighted by molar-refractivity contribution is 5.96. The summed E-state index contributed by atoms with van der Waals surface area (Å²) in [5.74, 6) is -2.57. The van der Waals surface area contributed by atoms with Crippen molar-refractivity contribution in [1.82, 2.24) is 24.8 Å². The summed E-state index contributed by atoms with van der Waals surface area (Å²) in [7, 11) is 6.94. The molecular weight excluding hydrogens is 932 g/mol. The van der Waals surface area contributed by atoms with Gasteiger partial charge in [-0.2, -0.15) is 0 Å². The lowest BCUT2D eigenvalue weighted by Crippen LogP contribution is -2.59. The fourth-order valence-corrected chi connectivity index (χ4v) is 11.4. The van der Waals surface area contributed by atoms with Crippen LogP contribution in [-0.4, -0.2) is 189 Å². The van der Waals surface area contributed by atoms with Crippen molar-refractivity contribution >= 4 is 11.7 Å². The molecule has 410 valence electrons. The standard InChI is InChI=1S/C53H89FN6O12/c1-16-42-53(11,65)47(61)35(7)59(13)28-30(2)25-51(9,64)49(32(4)45(33(5)50(63)70-42)71-44-26-52(10,67-15)48(62)36(8)69-44)72-43-24-40(23-31(3)68-43)58(12)22-21-39-29-60(57-56-39)41(27-54)46(66-14)38-19-17-37(18-20-38)34(6)55/h17-20,29-33,35-36,40-49,55,61-62,64-65H,16,21-28H2,1-15H3/t30-,31-,32+,33-,35-,36+,40+,41-,42-,43+,44+,45+,46-,47-,48+,49-,51-,52-,53-/m1/s1. The summed E-state index contributed by atoms with van der Waals surface area (Å²) >= 11 is 0. The van der Waals surface area contributed by atoms with Gasteiger partial charge in [0.05, 0.1) is 47.2 Å². The van der Waals surface area contributed by atoms with E-state index in [1.54, 1.807) is 47.7 Å². The monoisotopic (exact) mass is 1020 g/mol. The van der Waals surface area contributed by atoms with Gasteiger partial charge >= 0.3 is 5.97 Å². The zero-order valence-corrected chi connectivity index (χ0v) is 45.7. The Bertz CT molecular complexity index is 2030. The first-order valence-electron chi connectivity index (χ1n) is 25.9. The van der Waals surface area contributed by atoms with E-state index >= 15 is 0 Å². The van der Waals surface area contributed by atoms with Crippen LogP contribution in [0.3, 0.4) is 0 Å². The molecule has 2 aromatic rings. The van der Waals surface area contributed by atoms with Crippen LogP contribution < -0.4 is 0 Å². The number of aliphatic hydroxyl groups is 4. The molecule has 72 heavy (non-hydrogen) atoms. The Hall–Kier alpha value is -3.05. The van der Waals surface area contributed by atoms with E-state index in [0.29, 0.717) is 43.8 Å². The van der Waals surface area contributed by atoms with E-state index < -0.39 is 109 Å². The van der Waals surface area contributed by atoms with E-state index in [2.05, 4.69) is 15.2 Å². The van der Waals surface area contributed by atoms with Crippen molar-refractivity contribution in [2.24, 2.45) is 17.8 Å². The number of cyclic esters (lactones) is 1. The van der Waals surface area contributed by atoms with Crippen molar-refractivity contribution in [2.45, 2.75) is 211 Å². The van der Waals surface area contributed by atoms with Crippen LogP contribution in [-0.2, 0) is 44.4 Å². The minimum Gasteiger partial charge on any atom is -0.459 e. The summed E-state index contributed by atoms with van der Waals surface area (Å²) < 4.78 is 60.7. The van der Waals surface area contributed by atoms with Gasteiger partial charge in [-0.3, -0.25) is 4.79 Å².